The summed E-state index contributed by atoms with van der Waals surface area (Å²) >= 11 is 3.56. The summed E-state index contributed by atoms with van der Waals surface area (Å²) in [6.45, 7) is 5.78. The lowest BCUT2D eigenvalue weighted by molar-refractivity contribution is 0.184. The summed E-state index contributed by atoms with van der Waals surface area (Å²) in [7, 11) is 3.70. The molecule has 0 radical (unpaired) electrons. The van der Waals surface area contributed by atoms with E-state index in [0.717, 1.165) is 29.7 Å². The van der Waals surface area contributed by atoms with Crippen LogP contribution in [0.15, 0.2) is 4.47 Å². The van der Waals surface area contributed by atoms with E-state index in [4.69, 9.17) is 4.74 Å². The van der Waals surface area contributed by atoms with Crippen molar-refractivity contribution < 1.29 is 4.74 Å². The first-order valence-electron chi connectivity index (χ1n) is 5.46. The van der Waals surface area contributed by atoms with Crippen molar-refractivity contribution in [2.24, 2.45) is 7.05 Å². The maximum Gasteiger partial charge on any atom is 0.0739 e. The van der Waals surface area contributed by atoms with Crippen LogP contribution in [0.1, 0.15) is 24.7 Å². The standard InChI is InChI=1S/C11H20BrN3O/c1-8(5-6-16-4)13-7-10-11(12)9(2)14-15(10)3/h8,13H,5-7H2,1-4H3. The Hall–Kier alpha value is -0.390. The van der Waals surface area contributed by atoms with Gasteiger partial charge in [0.1, 0.15) is 0 Å². The number of halogens is 1. The Labute approximate surface area is 105 Å². The highest BCUT2D eigenvalue weighted by Crippen LogP contribution is 2.19. The Morgan fingerprint density at radius 1 is 1.56 bits per heavy atom. The smallest absolute Gasteiger partial charge is 0.0739 e. The Morgan fingerprint density at radius 2 is 2.25 bits per heavy atom. The minimum Gasteiger partial charge on any atom is -0.385 e. The van der Waals surface area contributed by atoms with Crippen molar-refractivity contribution in [3.05, 3.63) is 15.9 Å². The predicted octanol–water partition coefficient (Wildman–Crippen LogP) is 2.01. The molecule has 1 aromatic heterocycles. The van der Waals surface area contributed by atoms with Crippen molar-refractivity contribution in [3.63, 3.8) is 0 Å². The molecular formula is C11H20BrN3O. The third kappa shape index (κ3) is 3.57. The molecule has 0 aliphatic heterocycles. The van der Waals surface area contributed by atoms with E-state index in [1.807, 2.05) is 18.7 Å². The molecule has 5 heteroatoms. The van der Waals surface area contributed by atoms with Gasteiger partial charge in [0, 0.05) is 33.4 Å². The molecule has 0 saturated heterocycles. The molecule has 1 N–H and O–H groups in total. The molecule has 0 amide bonds. The summed E-state index contributed by atoms with van der Waals surface area (Å²) in [5.41, 5.74) is 2.21. The monoisotopic (exact) mass is 289 g/mol. The van der Waals surface area contributed by atoms with E-state index < -0.39 is 0 Å². The molecule has 0 spiro atoms. The highest BCUT2D eigenvalue weighted by atomic mass is 79.9. The van der Waals surface area contributed by atoms with Gasteiger partial charge in [0.25, 0.3) is 0 Å². The maximum absolute atomic E-state index is 5.05. The first kappa shape index (κ1) is 13.7. The van der Waals surface area contributed by atoms with Gasteiger partial charge in [0.15, 0.2) is 0 Å². The Balaban J connectivity index is 2.48. The average molecular weight is 290 g/mol. The van der Waals surface area contributed by atoms with Crippen molar-refractivity contribution in [1.29, 1.82) is 0 Å². The number of rotatable bonds is 6. The fourth-order valence-corrected chi connectivity index (χ4v) is 2.02. The summed E-state index contributed by atoms with van der Waals surface area (Å²) < 4.78 is 8.06. The van der Waals surface area contributed by atoms with Crippen LogP contribution in [0.3, 0.4) is 0 Å². The van der Waals surface area contributed by atoms with Crippen LogP contribution < -0.4 is 5.32 Å². The van der Waals surface area contributed by atoms with Gasteiger partial charge in [-0.3, -0.25) is 4.68 Å². The van der Waals surface area contributed by atoms with E-state index in [2.05, 4.69) is 33.3 Å². The van der Waals surface area contributed by atoms with Gasteiger partial charge >= 0.3 is 0 Å². The second-order valence-electron chi connectivity index (χ2n) is 4.03. The largest absolute Gasteiger partial charge is 0.385 e. The fraction of sp³-hybridized carbons (Fsp3) is 0.727. The maximum atomic E-state index is 5.05. The summed E-state index contributed by atoms with van der Waals surface area (Å²) in [6.07, 6.45) is 1.02. The van der Waals surface area contributed by atoms with E-state index in [-0.39, 0.29) is 0 Å². The molecule has 4 nitrogen and oxygen atoms in total. The second kappa shape index (κ2) is 6.37. The summed E-state index contributed by atoms with van der Waals surface area (Å²) in [4.78, 5) is 0. The van der Waals surface area contributed by atoms with Gasteiger partial charge in [0.2, 0.25) is 0 Å². The molecule has 1 heterocycles. The van der Waals surface area contributed by atoms with Crippen LogP contribution in [0, 0.1) is 6.92 Å². The Morgan fingerprint density at radius 3 is 2.75 bits per heavy atom. The SMILES string of the molecule is COCCC(C)NCc1c(Br)c(C)nn1C. The molecule has 0 aliphatic carbocycles. The number of hydrogen-bond acceptors (Lipinski definition) is 3. The molecule has 0 fully saturated rings. The molecule has 92 valence electrons. The van der Waals surface area contributed by atoms with Crippen LogP contribution in [-0.4, -0.2) is 29.5 Å². The zero-order valence-electron chi connectivity index (χ0n) is 10.4. The van der Waals surface area contributed by atoms with Gasteiger partial charge in [0.05, 0.1) is 15.9 Å². The van der Waals surface area contributed by atoms with Crippen molar-refractivity contribution in [1.82, 2.24) is 15.1 Å². The summed E-state index contributed by atoms with van der Waals surface area (Å²) in [5.74, 6) is 0. The average Bonchev–Trinajstić information content (AvgIpc) is 2.48. The predicted molar refractivity (Wildman–Crippen MR) is 68.4 cm³/mol. The van der Waals surface area contributed by atoms with Crippen molar-refractivity contribution in [2.75, 3.05) is 13.7 Å². The molecule has 1 unspecified atom stereocenters. The molecule has 16 heavy (non-hydrogen) atoms. The number of aryl methyl sites for hydroxylation is 2. The van der Waals surface area contributed by atoms with Gasteiger partial charge in [-0.25, -0.2) is 0 Å². The number of ether oxygens (including phenoxy) is 1. The Bertz CT molecular complexity index is 338. The third-order valence-corrected chi connectivity index (χ3v) is 3.67. The lowest BCUT2D eigenvalue weighted by atomic mass is 10.2. The number of aromatic nitrogens is 2. The van der Waals surface area contributed by atoms with E-state index in [1.165, 1.54) is 5.69 Å². The lowest BCUT2D eigenvalue weighted by Gasteiger charge is -2.13. The minimum atomic E-state index is 0.446. The highest BCUT2D eigenvalue weighted by molar-refractivity contribution is 9.10. The van der Waals surface area contributed by atoms with Crippen LogP contribution in [0.25, 0.3) is 0 Å². The first-order chi connectivity index (χ1) is 7.56. The zero-order valence-corrected chi connectivity index (χ0v) is 12.0. The van der Waals surface area contributed by atoms with Crippen molar-refractivity contribution in [2.45, 2.75) is 32.9 Å². The molecule has 1 atom stereocenters. The molecular weight excluding hydrogens is 270 g/mol. The van der Waals surface area contributed by atoms with Crippen LogP contribution >= 0.6 is 15.9 Å². The van der Waals surface area contributed by atoms with Gasteiger partial charge < -0.3 is 10.1 Å². The summed E-state index contributed by atoms with van der Waals surface area (Å²) in [6, 6.07) is 0.446. The number of hydrogen-bond donors (Lipinski definition) is 1. The minimum absolute atomic E-state index is 0.446. The third-order valence-electron chi connectivity index (χ3n) is 2.63. The zero-order chi connectivity index (χ0) is 12.1. The van der Waals surface area contributed by atoms with Crippen LogP contribution in [0.2, 0.25) is 0 Å². The van der Waals surface area contributed by atoms with E-state index in [9.17, 15) is 0 Å². The van der Waals surface area contributed by atoms with Gasteiger partial charge in [-0.05, 0) is 36.2 Å². The molecule has 0 saturated carbocycles. The van der Waals surface area contributed by atoms with E-state index in [0.29, 0.717) is 6.04 Å². The van der Waals surface area contributed by atoms with Crippen LogP contribution in [0.4, 0.5) is 0 Å². The molecule has 1 rings (SSSR count). The Kier molecular flexibility index (Phi) is 5.44. The van der Waals surface area contributed by atoms with Crippen molar-refractivity contribution in [3.8, 4) is 0 Å². The number of nitrogens with zero attached hydrogens (tertiary/aromatic N) is 2. The van der Waals surface area contributed by atoms with Gasteiger partial charge in [-0.2, -0.15) is 5.10 Å². The van der Waals surface area contributed by atoms with E-state index in [1.54, 1.807) is 7.11 Å². The second-order valence-corrected chi connectivity index (χ2v) is 4.83. The molecule has 0 aromatic carbocycles. The molecule has 0 aliphatic rings. The highest BCUT2D eigenvalue weighted by Gasteiger charge is 2.11. The van der Waals surface area contributed by atoms with Gasteiger partial charge in [-0.15, -0.1) is 0 Å². The van der Waals surface area contributed by atoms with Crippen LogP contribution in [0.5, 0.6) is 0 Å². The number of nitrogens with one attached hydrogen (secondary N) is 1. The molecule has 1 aromatic rings. The lowest BCUT2D eigenvalue weighted by Crippen LogP contribution is -2.27. The molecule has 0 bridgehead atoms. The van der Waals surface area contributed by atoms with E-state index >= 15 is 0 Å². The first-order valence-corrected chi connectivity index (χ1v) is 6.25. The van der Waals surface area contributed by atoms with Gasteiger partial charge in [-0.1, -0.05) is 0 Å². The van der Waals surface area contributed by atoms with Crippen LogP contribution in [-0.2, 0) is 18.3 Å². The van der Waals surface area contributed by atoms with Crippen molar-refractivity contribution >= 4 is 15.9 Å². The fourth-order valence-electron chi connectivity index (χ4n) is 1.54. The quantitative estimate of drug-likeness (QED) is 0.871. The normalized spacial score (nSPS) is 13.1. The number of methoxy groups -OCH3 is 1. The topological polar surface area (TPSA) is 39.1 Å². The summed E-state index contributed by atoms with van der Waals surface area (Å²) in [5, 5.41) is 7.81.